The van der Waals surface area contributed by atoms with Crippen molar-refractivity contribution in [3.05, 3.63) is 33.9 Å². The average Bonchev–Trinajstić information content (AvgIpc) is 2.29. The fraction of sp³-hybridized carbons (Fsp3) is 0.400. The lowest BCUT2D eigenvalue weighted by Crippen LogP contribution is -2.06. The van der Waals surface area contributed by atoms with Crippen LogP contribution in [-0.2, 0) is 0 Å². The maximum absolute atomic E-state index is 12.7. The molecular weight excluding hydrogens is 234 g/mol. The van der Waals surface area contributed by atoms with Gasteiger partial charge >= 0.3 is 0 Å². The normalized spacial score (nSPS) is 10.6. The van der Waals surface area contributed by atoms with Crippen molar-refractivity contribution in [3.8, 4) is 0 Å². The van der Waals surface area contributed by atoms with Crippen LogP contribution < -0.4 is 5.32 Å². The van der Waals surface area contributed by atoms with Crippen molar-refractivity contribution in [3.63, 3.8) is 0 Å². The van der Waals surface area contributed by atoms with Crippen molar-refractivity contribution in [1.29, 1.82) is 0 Å². The van der Waals surface area contributed by atoms with E-state index in [-0.39, 0.29) is 18.0 Å². The van der Waals surface area contributed by atoms with E-state index in [0.29, 0.717) is 13.0 Å². The second-order valence-electron chi connectivity index (χ2n) is 3.33. The molecule has 17 heavy (non-hydrogen) atoms. The molecule has 0 radical (unpaired) electrons. The summed E-state index contributed by atoms with van der Waals surface area (Å²) in [5, 5.41) is 21.7. The van der Waals surface area contributed by atoms with Crippen molar-refractivity contribution >= 4 is 11.4 Å². The zero-order valence-electron chi connectivity index (χ0n) is 8.90. The first-order valence-corrected chi connectivity index (χ1v) is 4.97. The number of aliphatic hydroxyl groups is 1. The van der Waals surface area contributed by atoms with E-state index in [9.17, 15) is 18.9 Å². The number of halogens is 2. The maximum atomic E-state index is 12.7. The number of nitrogens with zero attached hydrogens (tertiary/aromatic N) is 1. The Kier molecular flexibility index (Phi) is 4.77. The summed E-state index contributed by atoms with van der Waals surface area (Å²) < 4.78 is 25.3. The summed E-state index contributed by atoms with van der Waals surface area (Å²) in [6, 6.07) is 3.26. The molecule has 0 fully saturated rings. The molecule has 0 amide bonds. The smallest absolute Gasteiger partial charge is 0.270 e. The first-order chi connectivity index (χ1) is 8.06. The van der Waals surface area contributed by atoms with Crippen LogP contribution in [0.5, 0.6) is 0 Å². The van der Waals surface area contributed by atoms with Crippen molar-refractivity contribution in [1.82, 2.24) is 0 Å². The molecule has 2 N–H and O–H groups in total. The Morgan fingerprint density at radius 1 is 1.47 bits per heavy atom. The monoisotopic (exact) mass is 246 g/mol. The van der Waals surface area contributed by atoms with Gasteiger partial charge in [-0.2, -0.15) is 0 Å². The minimum Gasteiger partial charge on any atom is -0.396 e. The Hall–Kier alpha value is -1.76. The van der Waals surface area contributed by atoms with Crippen LogP contribution in [0.15, 0.2) is 18.2 Å². The van der Waals surface area contributed by atoms with E-state index >= 15 is 0 Å². The molecule has 1 rings (SSSR count). The Morgan fingerprint density at radius 3 is 2.71 bits per heavy atom. The van der Waals surface area contributed by atoms with Crippen LogP contribution in [0, 0.1) is 10.1 Å². The predicted octanol–water partition coefficient (Wildman–Crippen LogP) is 2.33. The number of hydrogen-bond acceptors (Lipinski definition) is 4. The molecule has 0 aliphatic carbocycles. The molecule has 0 unspecified atom stereocenters. The number of nitrogens with one attached hydrogen (secondary N) is 1. The number of non-ortho nitro benzene ring substituents is 1. The van der Waals surface area contributed by atoms with E-state index in [1.54, 1.807) is 0 Å². The third-order valence-corrected chi connectivity index (χ3v) is 2.13. The highest BCUT2D eigenvalue weighted by molar-refractivity contribution is 5.56. The van der Waals surface area contributed by atoms with Gasteiger partial charge in [-0.15, -0.1) is 0 Å². The predicted molar refractivity (Wildman–Crippen MR) is 58.2 cm³/mol. The van der Waals surface area contributed by atoms with Gasteiger partial charge in [0.2, 0.25) is 0 Å². The molecule has 0 atom stereocenters. The molecule has 7 heteroatoms. The molecular formula is C10H12F2N2O3. The summed E-state index contributed by atoms with van der Waals surface area (Å²) in [5.41, 5.74) is -0.621. The van der Waals surface area contributed by atoms with E-state index in [1.165, 1.54) is 6.07 Å². The quantitative estimate of drug-likeness (QED) is 0.459. The van der Waals surface area contributed by atoms with Gasteiger partial charge in [-0.1, -0.05) is 0 Å². The van der Waals surface area contributed by atoms with Crippen LogP contribution in [0.25, 0.3) is 0 Å². The molecule has 0 saturated heterocycles. The standard InChI is InChI=1S/C10H12F2N2O3/c11-10(12)8-6-7(14(16)17)2-3-9(8)13-4-1-5-15/h2-3,6,10,13,15H,1,4-5H2. The molecule has 0 heterocycles. The lowest BCUT2D eigenvalue weighted by molar-refractivity contribution is -0.385. The van der Waals surface area contributed by atoms with Crippen molar-refractivity contribution < 1.29 is 18.8 Å². The number of alkyl halides is 2. The van der Waals surface area contributed by atoms with E-state index < -0.39 is 16.9 Å². The van der Waals surface area contributed by atoms with Crippen LogP contribution in [0.2, 0.25) is 0 Å². The van der Waals surface area contributed by atoms with Gasteiger partial charge < -0.3 is 10.4 Å². The Balaban J connectivity index is 2.92. The average molecular weight is 246 g/mol. The first-order valence-electron chi connectivity index (χ1n) is 4.97. The second-order valence-corrected chi connectivity index (χ2v) is 3.33. The summed E-state index contributed by atoms with van der Waals surface area (Å²) >= 11 is 0. The minimum atomic E-state index is -2.79. The highest BCUT2D eigenvalue weighted by Crippen LogP contribution is 2.30. The van der Waals surface area contributed by atoms with Crippen LogP contribution in [-0.4, -0.2) is 23.2 Å². The Labute approximate surface area is 96.2 Å². The topological polar surface area (TPSA) is 75.4 Å². The second kappa shape index (κ2) is 6.09. The SMILES string of the molecule is O=[N+]([O-])c1ccc(NCCCO)c(C(F)F)c1. The van der Waals surface area contributed by atoms with E-state index in [1.807, 2.05) is 0 Å². The molecule has 0 spiro atoms. The largest absolute Gasteiger partial charge is 0.396 e. The molecule has 0 bridgehead atoms. The molecule has 1 aromatic carbocycles. The number of anilines is 1. The number of benzene rings is 1. The summed E-state index contributed by atoms with van der Waals surface area (Å²) in [7, 11) is 0. The number of aliphatic hydroxyl groups excluding tert-OH is 1. The van der Waals surface area contributed by atoms with Crippen molar-refractivity contribution in [2.45, 2.75) is 12.8 Å². The van der Waals surface area contributed by atoms with E-state index in [2.05, 4.69) is 5.32 Å². The lowest BCUT2D eigenvalue weighted by atomic mass is 10.1. The molecule has 0 aliphatic rings. The van der Waals surface area contributed by atoms with Crippen molar-refractivity contribution in [2.75, 3.05) is 18.5 Å². The third kappa shape index (κ3) is 3.63. The third-order valence-electron chi connectivity index (χ3n) is 2.13. The van der Waals surface area contributed by atoms with Gasteiger partial charge in [-0.25, -0.2) is 8.78 Å². The number of nitro groups is 1. The lowest BCUT2D eigenvalue weighted by Gasteiger charge is -2.10. The highest BCUT2D eigenvalue weighted by atomic mass is 19.3. The maximum Gasteiger partial charge on any atom is 0.270 e. The molecule has 94 valence electrons. The van der Waals surface area contributed by atoms with Gasteiger partial charge in [0.1, 0.15) is 0 Å². The van der Waals surface area contributed by atoms with Gasteiger partial charge in [0, 0.05) is 36.5 Å². The van der Waals surface area contributed by atoms with Crippen molar-refractivity contribution in [2.24, 2.45) is 0 Å². The fourth-order valence-electron chi connectivity index (χ4n) is 1.31. The molecule has 5 nitrogen and oxygen atoms in total. The summed E-state index contributed by atoms with van der Waals surface area (Å²) in [6.45, 7) is 0.276. The Bertz CT molecular complexity index is 399. The van der Waals surface area contributed by atoms with Crippen LogP contribution in [0.1, 0.15) is 18.4 Å². The van der Waals surface area contributed by atoms with Crippen LogP contribution in [0.4, 0.5) is 20.2 Å². The summed E-state index contributed by atoms with van der Waals surface area (Å²) in [5.74, 6) is 0. The molecule has 0 aromatic heterocycles. The summed E-state index contributed by atoms with van der Waals surface area (Å²) in [4.78, 5) is 9.74. The zero-order valence-corrected chi connectivity index (χ0v) is 8.90. The molecule has 0 saturated carbocycles. The van der Waals surface area contributed by atoms with Gasteiger partial charge in [0.25, 0.3) is 12.1 Å². The highest BCUT2D eigenvalue weighted by Gasteiger charge is 2.17. The van der Waals surface area contributed by atoms with Crippen LogP contribution in [0.3, 0.4) is 0 Å². The van der Waals surface area contributed by atoms with E-state index in [0.717, 1.165) is 12.1 Å². The van der Waals surface area contributed by atoms with E-state index in [4.69, 9.17) is 5.11 Å². The number of nitro benzene ring substituents is 1. The van der Waals surface area contributed by atoms with Gasteiger partial charge in [0.15, 0.2) is 0 Å². The van der Waals surface area contributed by atoms with Gasteiger partial charge in [-0.05, 0) is 12.5 Å². The molecule has 0 aliphatic heterocycles. The van der Waals surface area contributed by atoms with Crippen LogP contribution >= 0.6 is 0 Å². The summed E-state index contributed by atoms with van der Waals surface area (Å²) in [6.07, 6.45) is -2.37. The Morgan fingerprint density at radius 2 is 2.18 bits per heavy atom. The number of hydrogen-bond donors (Lipinski definition) is 2. The fourth-order valence-corrected chi connectivity index (χ4v) is 1.31. The van der Waals surface area contributed by atoms with Gasteiger partial charge in [-0.3, -0.25) is 10.1 Å². The first kappa shape index (κ1) is 13.3. The molecule has 1 aromatic rings. The van der Waals surface area contributed by atoms with Gasteiger partial charge in [0.05, 0.1) is 4.92 Å². The zero-order chi connectivity index (χ0) is 12.8. The number of rotatable bonds is 6. The minimum absolute atomic E-state index is 0.0516.